The Morgan fingerprint density at radius 3 is 2.22 bits per heavy atom. The van der Waals surface area contributed by atoms with Gasteiger partial charge in [0.25, 0.3) is 10.0 Å². The lowest BCUT2D eigenvalue weighted by Crippen LogP contribution is -2.35. The zero-order valence-corrected chi connectivity index (χ0v) is 15.7. The molecule has 0 amide bonds. The van der Waals surface area contributed by atoms with Crippen LogP contribution in [0.25, 0.3) is 5.57 Å². The molecule has 0 unspecified atom stereocenters. The summed E-state index contributed by atoms with van der Waals surface area (Å²) in [4.78, 5) is 0.314. The Hall–Kier alpha value is -1.59. The fourth-order valence-electron chi connectivity index (χ4n) is 2.70. The van der Waals surface area contributed by atoms with Crippen LogP contribution >= 0.6 is 15.9 Å². The van der Waals surface area contributed by atoms with Gasteiger partial charge in [-0.05, 0) is 50.6 Å². The van der Waals surface area contributed by atoms with Crippen LogP contribution in [0.5, 0.6) is 0 Å². The van der Waals surface area contributed by atoms with Crippen molar-refractivity contribution in [1.82, 2.24) is 0 Å². The van der Waals surface area contributed by atoms with E-state index in [1.807, 2.05) is 51.1 Å². The van der Waals surface area contributed by atoms with E-state index >= 15 is 0 Å². The first-order valence-electron chi connectivity index (χ1n) is 7.36. The molecule has 5 heteroatoms. The number of benzene rings is 2. The van der Waals surface area contributed by atoms with Crippen LogP contribution in [0.3, 0.4) is 0 Å². The summed E-state index contributed by atoms with van der Waals surface area (Å²) in [6.07, 6.45) is 0. The number of nitrogens with zero attached hydrogens (tertiary/aromatic N) is 1. The molecule has 1 aliphatic heterocycles. The third kappa shape index (κ3) is 2.83. The van der Waals surface area contributed by atoms with Gasteiger partial charge in [0.05, 0.1) is 17.1 Å². The first kappa shape index (κ1) is 16.3. The zero-order chi connectivity index (χ0) is 16.8. The summed E-state index contributed by atoms with van der Waals surface area (Å²) in [6, 6.07) is 12.8. The summed E-state index contributed by atoms with van der Waals surface area (Å²) in [5.74, 6) is 0. The first-order valence-corrected chi connectivity index (χ1v) is 9.59. The van der Waals surface area contributed by atoms with Crippen LogP contribution in [0.2, 0.25) is 0 Å². The van der Waals surface area contributed by atoms with Crippen LogP contribution in [-0.2, 0) is 10.0 Å². The fourth-order valence-corrected chi connectivity index (χ4v) is 4.78. The molecule has 0 bridgehead atoms. The number of sulfonamides is 1. The van der Waals surface area contributed by atoms with Crippen LogP contribution in [0, 0.1) is 13.8 Å². The summed E-state index contributed by atoms with van der Waals surface area (Å²) in [5, 5.41) is 0. The highest BCUT2D eigenvalue weighted by molar-refractivity contribution is 9.11. The summed E-state index contributed by atoms with van der Waals surface area (Å²) in [6.45, 7) is 6.28. The van der Waals surface area contributed by atoms with Gasteiger partial charge in [-0.25, -0.2) is 8.42 Å². The van der Waals surface area contributed by atoms with E-state index in [4.69, 9.17) is 0 Å². The molecule has 0 aromatic heterocycles. The van der Waals surface area contributed by atoms with E-state index in [-0.39, 0.29) is 0 Å². The Bertz CT molecular complexity index is 899. The average Bonchev–Trinajstić information content (AvgIpc) is 2.51. The molecule has 0 saturated heterocycles. The smallest absolute Gasteiger partial charge is 0.261 e. The number of allylic oxidation sites excluding steroid dienone is 1. The highest BCUT2D eigenvalue weighted by atomic mass is 79.9. The lowest BCUT2D eigenvalue weighted by Gasteiger charge is -2.31. The highest BCUT2D eigenvalue weighted by Crippen LogP contribution is 2.39. The van der Waals surface area contributed by atoms with Gasteiger partial charge in [-0.1, -0.05) is 45.3 Å². The standard InChI is InChI=1S/C18H18BrNO2S/c1-12-4-7-15(8-5-12)23(21,22)20-11-17(19)14(3)16-10-13(2)6-9-18(16)20/h4-10H,11H2,1-3H3. The fraction of sp³-hybridized carbons (Fsp3) is 0.222. The lowest BCUT2D eigenvalue weighted by molar-refractivity contribution is 0.592. The minimum absolute atomic E-state index is 0.314. The molecule has 2 aromatic rings. The molecule has 1 aliphatic rings. The predicted octanol–water partition coefficient (Wildman–Crippen LogP) is 4.64. The van der Waals surface area contributed by atoms with Gasteiger partial charge in [0, 0.05) is 10.0 Å². The summed E-state index contributed by atoms with van der Waals surface area (Å²) in [5.41, 5.74) is 4.92. The number of aryl methyl sites for hydroxylation is 2. The van der Waals surface area contributed by atoms with Gasteiger partial charge in [0.15, 0.2) is 0 Å². The van der Waals surface area contributed by atoms with Gasteiger partial charge in [0.2, 0.25) is 0 Å². The van der Waals surface area contributed by atoms with Crippen molar-refractivity contribution >= 4 is 37.2 Å². The van der Waals surface area contributed by atoms with Crippen LogP contribution in [0.15, 0.2) is 51.8 Å². The van der Waals surface area contributed by atoms with Crippen molar-refractivity contribution in [2.24, 2.45) is 0 Å². The molecular formula is C18H18BrNO2S. The molecule has 3 rings (SSSR count). The molecule has 0 aliphatic carbocycles. The maximum atomic E-state index is 13.1. The Morgan fingerprint density at radius 2 is 1.57 bits per heavy atom. The van der Waals surface area contributed by atoms with Crippen molar-refractivity contribution in [1.29, 1.82) is 0 Å². The molecule has 120 valence electrons. The van der Waals surface area contributed by atoms with E-state index in [0.717, 1.165) is 32.4 Å². The molecular weight excluding hydrogens is 374 g/mol. The van der Waals surface area contributed by atoms with E-state index in [1.54, 1.807) is 12.1 Å². The van der Waals surface area contributed by atoms with Crippen LogP contribution in [0.4, 0.5) is 5.69 Å². The molecule has 0 radical (unpaired) electrons. The summed E-state index contributed by atoms with van der Waals surface area (Å²) >= 11 is 3.54. The predicted molar refractivity (Wildman–Crippen MR) is 98.4 cm³/mol. The van der Waals surface area contributed by atoms with E-state index in [0.29, 0.717) is 11.4 Å². The molecule has 2 aromatic carbocycles. The van der Waals surface area contributed by atoms with Gasteiger partial charge in [-0.15, -0.1) is 0 Å². The second-order valence-electron chi connectivity index (χ2n) is 5.88. The van der Waals surface area contributed by atoms with E-state index in [1.165, 1.54) is 4.31 Å². The molecule has 0 spiro atoms. The van der Waals surface area contributed by atoms with Crippen molar-refractivity contribution < 1.29 is 8.42 Å². The number of halogens is 1. The Balaban J connectivity index is 2.16. The van der Waals surface area contributed by atoms with Gasteiger partial charge in [-0.2, -0.15) is 0 Å². The zero-order valence-electron chi connectivity index (χ0n) is 13.3. The summed E-state index contributed by atoms with van der Waals surface area (Å²) < 4.78 is 28.5. The van der Waals surface area contributed by atoms with E-state index in [2.05, 4.69) is 15.9 Å². The average molecular weight is 392 g/mol. The maximum Gasteiger partial charge on any atom is 0.264 e. The minimum atomic E-state index is -3.59. The second kappa shape index (κ2) is 5.80. The maximum absolute atomic E-state index is 13.1. The third-order valence-electron chi connectivity index (χ3n) is 4.12. The number of hydrogen-bond acceptors (Lipinski definition) is 2. The molecule has 0 atom stereocenters. The Labute approximate surface area is 145 Å². The monoisotopic (exact) mass is 391 g/mol. The number of hydrogen-bond donors (Lipinski definition) is 0. The van der Waals surface area contributed by atoms with Crippen molar-refractivity contribution in [3.8, 4) is 0 Å². The lowest BCUT2D eigenvalue weighted by atomic mass is 10.00. The molecule has 0 N–H and O–H groups in total. The Morgan fingerprint density at radius 1 is 0.957 bits per heavy atom. The van der Waals surface area contributed by atoms with Gasteiger partial charge < -0.3 is 0 Å². The van der Waals surface area contributed by atoms with Crippen LogP contribution in [0.1, 0.15) is 23.6 Å². The molecule has 3 nitrogen and oxygen atoms in total. The van der Waals surface area contributed by atoms with Crippen molar-refractivity contribution in [3.63, 3.8) is 0 Å². The normalized spacial score (nSPS) is 14.9. The van der Waals surface area contributed by atoms with E-state index < -0.39 is 10.0 Å². The van der Waals surface area contributed by atoms with Crippen molar-refractivity contribution in [3.05, 3.63) is 63.6 Å². The third-order valence-corrected chi connectivity index (χ3v) is 6.74. The summed E-state index contributed by atoms with van der Waals surface area (Å²) in [7, 11) is -3.59. The highest BCUT2D eigenvalue weighted by Gasteiger charge is 2.31. The topological polar surface area (TPSA) is 37.4 Å². The van der Waals surface area contributed by atoms with Gasteiger partial charge in [0.1, 0.15) is 0 Å². The van der Waals surface area contributed by atoms with Crippen molar-refractivity contribution in [2.75, 3.05) is 10.8 Å². The number of anilines is 1. The SMILES string of the molecule is CC1=C(Br)CN(S(=O)(=O)c2ccc(C)cc2)c2ccc(C)cc21. The first-order chi connectivity index (χ1) is 10.8. The molecule has 0 fully saturated rings. The molecule has 23 heavy (non-hydrogen) atoms. The minimum Gasteiger partial charge on any atom is -0.261 e. The molecule has 0 saturated carbocycles. The molecule has 1 heterocycles. The van der Waals surface area contributed by atoms with Crippen LogP contribution in [-0.4, -0.2) is 15.0 Å². The largest absolute Gasteiger partial charge is 0.264 e. The van der Waals surface area contributed by atoms with Gasteiger partial charge >= 0.3 is 0 Å². The quantitative estimate of drug-likeness (QED) is 0.747. The van der Waals surface area contributed by atoms with E-state index in [9.17, 15) is 8.42 Å². The second-order valence-corrected chi connectivity index (χ2v) is 8.69. The number of fused-ring (bicyclic) bond motifs is 1. The Kier molecular flexibility index (Phi) is 4.10. The van der Waals surface area contributed by atoms with Gasteiger partial charge in [-0.3, -0.25) is 4.31 Å². The van der Waals surface area contributed by atoms with Crippen molar-refractivity contribution in [2.45, 2.75) is 25.7 Å². The van der Waals surface area contributed by atoms with Crippen LogP contribution < -0.4 is 4.31 Å². The number of rotatable bonds is 2.